The van der Waals surface area contributed by atoms with E-state index in [9.17, 15) is 9.59 Å². The first-order chi connectivity index (χ1) is 10.6. The third-order valence-corrected chi connectivity index (χ3v) is 3.43. The van der Waals surface area contributed by atoms with Crippen LogP contribution in [0.5, 0.6) is 0 Å². The molecule has 2 heterocycles. The lowest BCUT2D eigenvalue weighted by Gasteiger charge is -2.31. The van der Waals surface area contributed by atoms with E-state index in [0.717, 1.165) is 5.01 Å². The van der Waals surface area contributed by atoms with Crippen LogP contribution < -0.4 is 4.90 Å². The molecule has 112 valence electrons. The molecule has 1 fully saturated rings. The molecular formula is C15H12ClN3O3. The van der Waals surface area contributed by atoms with Gasteiger partial charge in [0.1, 0.15) is 18.8 Å². The van der Waals surface area contributed by atoms with Crippen LogP contribution >= 0.6 is 11.6 Å². The van der Waals surface area contributed by atoms with Gasteiger partial charge >= 0.3 is 0 Å². The van der Waals surface area contributed by atoms with Crippen LogP contribution in [0.25, 0.3) is 0 Å². The van der Waals surface area contributed by atoms with Gasteiger partial charge in [-0.25, -0.2) is 5.01 Å². The van der Waals surface area contributed by atoms with E-state index in [1.54, 1.807) is 36.4 Å². The van der Waals surface area contributed by atoms with Crippen molar-refractivity contribution in [2.45, 2.75) is 0 Å². The van der Waals surface area contributed by atoms with Gasteiger partial charge in [0, 0.05) is 10.7 Å². The topological polar surface area (TPSA) is 66.1 Å². The zero-order valence-electron chi connectivity index (χ0n) is 11.5. The molecule has 0 atom stereocenters. The maximum absolute atomic E-state index is 12.2. The lowest BCUT2D eigenvalue weighted by molar-refractivity contribution is -0.138. The number of hydrazone groups is 1. The number of halogens is 1. The SMILES string of the molecule is O=C1CN(c2ccc(Cl)cc2)C(=O)CN1/N=C\c1ccco1. The highest BCUT2D eigenvalue weighted by Gasteiger charge is 2.30. The van der Waals surface area contributed by atoms with Crippen molar-refractivity contribution in [1.29, 1.82) is 0 Å². The van der Waals surface area contributed by atoms with E-state index < -0.39 is 0 Å². The van der Waals surface area contributed by atoms with Gasteiger partial charge in [0.2, 0.25) is 5.91 Å². The normalized spacial score (nSPS) is 15.9. The minimum Gasteiger partial charge on any atom is -0.463 e. The highest BCUT2D eigenvalue weighted by Crippen LogP contribution is 2.20. The molecule has 1 aliphatic rings. The molecule has 1 aliphatic heterocycles. The number of furan rings is 1. The van der Waals surface area contributed by atoms with E-state index in [1.807, 2.05) is 0 Å². The van der Waals surface area contributed by atoms with Crippen molar-refractivity contribution in [3.63, 3.8) is 0 Å². The van der Waals surface area contributed by atoms with Gasteiger partial charge in [0.25, 0.3) is 5.91 Å². The summed E-state index contributed by atoms with van der Waals surface area (Å²) in [5, 5.41) is 5.71. The van der Waals surface area contributed by atoms with E-state index in [1.165, 1.54) is 17.4 Å². The van der Waals surface area contributed by atoms with Crippen LogP contribution in [0.3, 0.4) is 0 Å². The van der Waals surface area contributed by atoms with Crippen molar-refractivity contribution in [3.05, 3.63) is 53.4 Å². The van der Waals surface area contributed by atoms with Gasteiger partial charge in [-0.05, 0) is 36.4 Å². The Hall–Kier alpha value is -2.60. The summed E-state index contributed by atoms with van der Waals surface area (Å²) in [6.07, 6.45) is 2.91. The van der Waals surface area contributed by atoms with Crippen LogP contribution in [0.1, 0.15) is 5.76 Å². The van der Waals surface area contributed by atoms with E-state index >= 15 is 0 Å². The highest BCUT2D eigenvalue weighted by molar-refractivity contribution is 6.30. The lowest BCUT2D eigenvalue weighted by atomic mass is 10.2. The van der Waals surface area contributed by atoms with E-state index in [-0.39, 0.29) is 24.9 Å². The molecule has 0 radical (unpaired) electrons. The zero-order chi connectivity index (χ0) is 15.5. The molecule has 1 saturated heterocycles. The van der Waals surface area contributed by atoms with Gasteiger partial charge < -0.3 is 9.32 Å². The monoisotopic (exact) mass is 317 g/mol. The molecule has 0 spiro atoms. The second-order valence-electron chi connectivity index (χ2n) is 4.67. The summed E-state index contributed by atoms with van der Waals surface area (Å²) in [5.74, 6) is 0.0382. The van der Waals surface area contributed by atoms with E-state index in [4.69, 9.17) is 16.0 Å². The van der Waals surface area contributed by atoms with Crippen molar-refractivity contribution in [3.8, 4) is 0 Å². The molecule has 22 heavy (non-hydrogen) atoms. The van der Waals surface area contributed by atoms with Crippen LogP contribution in [0.15, 0.2) is 52.2 Å². The Balaban J connectivity index is 1.72. The summed E-state index contributed by atoms with van der Waals surface area (Å²) in [6, 6.07) is 10.2. The molecule has 0 bridgehead atoms. The van der Waals surface area contributed by atoms with Crippen LogP contribution in [-0.2, 0) is 9.59 Å². The quantitative estimate of drug-likeness (QED) is 0.815. The van der Waals surface area contributed by atoms with Crippen LogP contribution in [0.4, 0.5) is 5.69 Å². The summed E-state index contributed by atoms with van der Waals surface area (Å²) >= 11 is 5.82. The fourth-order valence-corrected chi connectivity index (χ4v) is 2.19. The summed E-state index contributed by atoms with van der Waals surface area (Å²) in [4.78, 5) is 25.7. The highest BCUT2D eigenvalue weighted by atomic mass is 35.5. The molecule has 2 amide bonds. The van der Waals surface area contributed by atoms with Crippen LogP contribution in [0, 0.1) is 0 Å². The van der Waals surface area contributed by atoms with Gasteiger partial charge in [0.05, 0.1) is 12.5 Å². The molecular weight excluding hydrogens is 306 g/mol. The standard InChI is InChI=1S/C15H12ClN3O3/c16-11-3-5-12(6-4-11)18-9-15(21)19(10-14(18)20)17-8-13-2-1-7-22-13/h1-8H,9-10H2/b17-8-. The Bertz CT molecular complexity index is 710. The smallest absolute Gasteiger partial charge is 0.263 e. The number of piperazine rings is 1. The average Bonchev–Trinajstić information content (AvgIpc) is 3.02. The van der Waals surface area contributed by atoms with Gasteiger partial charge in [0.15, 0.2) is 0 Å². The number of carbonyl (C=O) groups is 2. The third kappa shape index (κ3) is 3.01. The summed E-state index contributed by atoms with van der Waals surface area (Å²) in [6.45, 7) is -0.172. The average molecular weight is 318 g/mol. The molecule has 1 aromatic carbocycles. The first-order valence-electron chi connectivity index (χ1n) is 6.57. The second kappa shape index (κ2) is 6.03. The number of benzene rings is 1. The Morgan fingerprint density at radius 2 is 1.86 bits per heavy atom. The van der Waals surface area contributed by atoms with Crippen molar-refractivity contribution < 1.29 is 14.0 Å². The number of anilines is 1. The number of hydrogen-bond donors (Lipinski definition) is 0. The number of carbonyl (C=O) groups excluding carboxylic acids is 2. The largest absolute Gasteiger partial charge is 0.463 e. The Kier molecular flexibility index (Phi) is 3.93. The Morgan fingerprint density at radius 1 is 1.09 bits per heavy atom. The predicted molar refractivity (Wildman–Crippen MR) is 81.8 cm³/mol. The minimum atomic E-state index is -0.266. The van der Waals surface area contributed by atoms with Gasteiger partial charge in [-0.15, -0.1) is 0 Å². The van der Waals surface area contributed by atoms with Gasteiger partial charge in [-0.2, -0.15) is 5.10 Å². The first kappa shape index (κ1) is 14.3. The number of rotatable bonds is 3. The molecule has 0 unspecified atom stereocenters. The molecule has 3 rings (SSSR count). The molecule has 7 heteroatoms. The van der Waals surface area contributed by atoms with Gasteiger partial charge in [-0.1, -0.05) is 11.6 Å². The third-order valence-electron chi connectivity index (χ3n) is 3.17. The molecule has 2 aromatic rings. The van der Waals surface area contributed by atoms with Crippen LogP contribution in [-0.4, -0.2) is 36.1 Å². The molecule has 0 saturated carbocycles. The Morgan fingerprint density at radius 3 is 2.55 bits per heavy atom. The van der Waals surface area contributed by atoms with Crippen molar-refractivity contribution in [2.75, 3.05) is 18.0 Å². The van der Waals surface area contributed by atoms with E-state index in [0.29, 0.717) is 16.5 Å². The first-order valence-corrected chi connectivity index (χ1v) is 6.95. The summed E-state index contributed by atoms with van der Waals surface area (Å²) < 4.78 is 5.09. The van der Waals surface area contributed by atoms with Crippen molar-refractivity contribution >= 4 is 35.3 Å². The molecule has 6 nitrogen and oxygen atoms in total. The fourth-order valence-electron chi connectivity index (χ4n) is 2.06. The van der Waals surface area contributed by atoms with Crippen LogP contribution in [0.2, 0.25) is 5.02 Å². The molecule has 0 N–H and O–H groups in total. The van der Waals surface area contributed by atoms with E-state index in [2.05, 4.69) is 5.10 Å². The number of hydrogen-bond acceptors (Lipinski definition) is 4. The number of amides is 2. The Labute approximate surface area is 131 Å². The predicted octanol–water partition coefficient (Wildman–Crippen LogP) is 2.14. The summed E-state index contributed by atoms with van der Waals surface area (Å²) in [7, 11) is 0. The lowest BCUT2D eigenvalue weighted by Crippen LogP contribution is -2.52. The van der Waals surface area contributed by atoms with Gasteiger partial charge in [-0.3, -0.25) is 9.59 Å². The maximum atomic E-state index is 12.2. The van der Waals surface area contributed by atoms with Crippen molar-refractivity contribution in [2.24, 2.45) is 5.10 Å². The second-order valence-corrected chi connectivity index (χ2v) is 5.10. The molecule has 0 aliphatic carbocycles. The minimum absolute atomic E-state index is 0.0596. The summed E-state index contributed by atoms with van der Waals surface area (Å²) in [5.41, 5.74) is 0.636. The zero-order valence-corrected chi connectivity index (χ0v) is 12.2. The van der Waals surface area contributed by atoms with Crippen molar-refractivity contribution in [1.82, 2.24) is 5.01 Å². The molecule has 1 aromatic heterocycles. The number of nitrogens with zero attached hydrogens (tertiary/aromatic N) is 3. The maximum Gasteiger partial charge on any atom is 0.263 e. The fraction of sp³-hybridized carbons (Fsp3) is 0.133.